The quantitative estimate of drug-likeness (QED) is 0.0277. The first-order valence-electron chi connectivity index (χ1n) is 21.6. The van der Waals surface area contributed by atoms with E-state index in [1.807, 2.05) is 0 Å². The fraction of sp³-hybridized carbons (Fsp3) is 0.929. The second-order valence-electron chi connectivity index (χ2n) is 15.4. The van der Waals surface area contributed by atoms with E-state index in [9.17, 15) is 40.5 Å². The van der Waals surface area contributed by atoms with E-state index in [0.717, 1.165) is 57.8 Å². The van der Waals surface area contributed by atoms with Gasteiger partial charge in [-0.1, -0.05) is 154 Å². The van der Waals surface area contributed by atoms with E-state index in [0.29, 0.717) is 19.3 Å². The van der Waals surface area contributed by atoms with Crippen molar-refractivity contribution in [1.82, 2.24) is 5.32 Å². The van der Waals surface area contributed by atoms with Crippen LogP contribution in [-0.4, -0.2) is 110 Å². The minimum absolute atomic E-state index is 0.255. The van der Waals surface area contributed by atoms with Crippen LogP contribution in [0.3, 0.4) is 0 Å². The molecule has 1 aliphatic rings. The topological polar surface area (TPSA) is 189 Å². The van der Waals surface area contributed by atoms with Gasteiger partial charge in [0.2, 0.25) is 5.91 Å². The van der Waals surface area contributed by atoms with E-state index >= 15 is 0 Å². The fourth-order valence-corrected chi connectivity index (χ4v) is 6.90. The molecule has 1 amide bonds. The van der Waals surface area contributed by atoms with Gasteiger partial charge in [0, 0.05) is 0 Å². The highest BCUT2D eigenvalue weighted by Gasteiger charge is 2.44. The van der Waals surface area contributed by atoms with Crippen molar-refractivity contribution in [2.45, 2.75) is 236 Å². The number of hydrogen-bond acceptors (Lipinski definition) is 10. The third-order valence-corrected chi connectivity index (χ3v) is 10.6. The average Bonchev–Trinajstić information content (AvgIpc) is 3.16. The normalized spacial score (nSPS) is 22.9. The van der Waals surface area contributed by atoms with Crippen LogP contribution in [0.25, 0.3) is 0 Å². The Morgan fingerprint density at radius 2 is 1.09 bits per heavy atom. The summed E-state index contributed by atoms with van der Waals surface area (Å²) < 4.78 is 11.0. The van der Waals surface area contributed by atoms with Crippen molar-refractivity contribution in [3.8, 4) is 0 Å². The number of ether oxygens (including phenoxy) is 2. The van der Waals surface area contributed by atoms with Crippen molar-refractivity contribution in [3.05, 3.63) is 12.2 Å². The van der Waals surface area contributed by atoms with Crippen LogP contribution in [0.15, 0.2) is 12.2 Å². The van der Waals surface area contributed by atoms with Crippen LogP contribution in [0.5, 0.6) is 0 Å². The predicted molar refractivity (Wildman–Crippen MR) is 210 cm³/mol. The Bertz CT molecular complexity index is 877. The standard InChI is InChI=1S/C42H81NO10/c1-3-5-7-9-11-13-15-16-17-18-19-20-22-24-26-28-30-35(46)41(51)43-33(32-52-42-40(50)39(49)38(48)36(31-44)53-42)37(47)34(45)29-27-25-23-21-14-12-10-8-6-4-2/h16-17,33-40,42,44-50H,3-15,18-32H2,1-2H3,(H,43,51)/b17-16-. The lowest BCUT2D eigenvalue weighted by Crippen LogP contribution is -2.60. The number of carbonyl (C=O) groups excluding carboxylic acids is 1. The van der Waals surface area contributed by atoms with Crippen LogP contribution in [0.4, 0.5) is 0 Å². The van der Waals surface area contributed by atoms with Gasteiger partial charge in [0.15, 0.2) is 6.29 Å². The van der Waals surface area contributed by atoms with Gasteiger partial charge in [-0.3, -0.25) is 4.79 Å². The largest absolute Gasteiger partial charge is 0.394 e. The van der Waals surface area contributed by atoms with E-state index in [2.05, 4.69) is 31.3 Å². The molecule has 0 spiro atoms. The molecule has 314 valence electrons. The number of hydrogen-bond donors (Lipinski definition) is 8. The molecule has 0 aromatic rings. The summed E-state index contributed by atoms with van der Waals surface area (Å²) in [7, 11) is 0. The lowest BCUT2D eigenvalue weighted by atomic mass is 9.98. The number of amides is 1. The van der Waals surface area contributed by atoms with Crippen molar-refractivity contribution in [1.29, 1.82) is 0 Å². The molecule has 1 rings (SSSR count). The van der Waals surface area contributed by atoms with E-state index in [1.165, 1.54) is 83.5 Å². The molecule has 0 aromatic heterocycles. The molecule has 0 radical (unpaired) electrons. The monoisotopic (exact) mass is 760 g/mol. The maximum Gasteiger partial charge on any atom is 0.249 e. The summed E-state index contributed by atoms with van der Waals surface area (Å²) in [5.74, 6) is -0.703. The maximum absolute atomic E-state index is 13.0. The van der Waals surface area contributed by atoms with E-state index in [4.69, 9.17) is 9.47 Å². The van der Waals surface area contributed by atoms with Crippen LogP contribution in [0.1, 0.15) is 181 Å². The molecule has 9 atom stereocenters. The van der Waals surface area contributed by atoms with Gasteiger partial charge in [-0.2, -0.15) is 0 Å². The summed E-state index contributed by atoms with van der Waals surface area (Å²) in [6.07, 6.45) is 21.2. The second-order valence-corrected chi connectivity index (χ2v) is 15.4. The zero-order valence-corrected chi connectivity index (χ0v) is 33.5. The highest BCUT2D eigenvalue weighted by atomic mass is 16.7. The van der Waals surface area contributed by atoms with Gasteiger partial charge in [0.1, 0.15) is 36.6 Å². The Hall–Kier alpha value is -1.15. The van der Waals surface area contributed by atoms with Gasteiger partial charge in [-0.15, -0.1) is 0 Å². The van der Waals surface area contributed by atoms with Gasteiger partial charge in [-0.05, 0) is 38.5 Å². The molecule has 1 fully saturated rings. The van der Waals surface area contributed by atoms with E-state index < -0.39 is 74.2 Å². The maximum atomic E-state index is 13.0. The van der Waals surface area contributed by atoms with Crippen molar-refractivity contribution >= 4 is 5.91 Å². The first-order valence-corrected chi connectivity index (χ1v) is 21.6. The molecule has 1 saturated heterocycles. The number of unbranched alkanes of at least 4 members (excludes halogenated alkanes) is 21. The minimum Gasteiger partial charge on any atom is -0.394 e. The van der Waals surface area contributed by atoms with Gasteiger partial charge < -0.3 is 50.5 Å². The predicted octanol–water partition coefficient (Wildman–Crippen LogP) is 6.11. The zero-order valence-electron chi connectivity index (χ0n) is 33.5. The number of aliphatic hydroxyl groups is 7. The van der Waals surface area contributed by atoms with Gasteiger partial charge in [0.05, 0.1) is 25.4 Å². The average molecular weight is 760 g/mol. The number of aliphatic hydroxyl groups excluding tert-OH is 7. The summed E-state index contributed by atoms with van der Waals surface area (Å²) in [4.78, 5) is 13.0. The van der Waals surface area contributed by atoms with E-state index in [-0.39, 0.29) is 6.42 Å². The molecular formula is C42H81NO10. The summed E-state index contributed by atoms with van der Waals surface area (Å²) >= 11 is 0. The third kappa shape index (κ3) is 23.5. The molecule has 11 heteroatoms. The highest BCUT2D eigenvalue weighted by molar-refractivity contribution is 5.80. The van der Waals surface area contributed by atoms with Gasteiger partial charge >= 0.3 is 0 Å². The highest BCUT2D eigenvalue weighted by Crippen LogP contribution is 2.23. The number of nitrogens with one attached hydrogen (secondary N) is 1. The minimum atomic E-state index is -1.66. The molecule has 0 bridgehead atoms. The molecule has 11 nitrogen and oxygen atoms in total. The Balaban J connectivity index is 2.49. The molecule has 0 saturated carbocycles. The summed E-state index contributed by atoms with van der Waals surface area (Å²) in [6.45, 7) is 3.39. The third-order valence-electron chi connectivity index (χ3n) is 10.6. The van der Waals surface area contributed by atoms with Crippen LogP contribution < -0.4 is 5.32 Å². The molecule has 1 heterocycles. The van der Waals surface area contributed by atoms with Crippen molar-refractivity contribution in [2.24, 2.45) is 0 Å². The molecule has 0 aliphatic carbocycles. The first kappa shape index (κ1) is 49.9. The van der Waals surface area contributed by atoms with Crippen LogP contribution in [-0.2, 0) is 14.3 Å². The molecule has 0 aromatic carbocycles. The lowest BCUT2D eigenvalue weighted by molar-refractivity contribution is -0.303. The van der Waals surface area contributed by atoms with Crippen LogP contribution in [0, 0.1) is 0 Å². The molecule has 8 N–H and O–H groups in total. The van der Waals surface area contributed by atoms with Crippen molar-refractivity contribution < 1.29 is 50.0 Å². The molecule has 53 heavy (non-hydrogen) atoms. The van der Waals surface area contributed by atoms with Gasteiger partial charge in [-0.25, -0.2) is 0 Å². The summed E-state index contributed by atoms with van der Waals surface area (Å²) in [6, 6.07) is -1.16. The lowest BCUT2D eigenvalue weighted by Gasteiger charge is -2.40. The molecule has 1 aliphatic heterocycles. The Morgan fingerprint density at radius 1 is 0.642 bits per heavy atom. The van der Waals surface area contributed by atoms with Crippen molar-refractivity contribution in [2.75, 3.05) is 13.2 Å². The Morgan fingerprint density at radius 3 is 1.58 bits per heavy atom. The molecule has 9 unspecified atom stereocenters. The number of rotatable bonds is 35. The van der Waals surface area contributed by atoms with E-state index in [1.54, 1.807) is 0 Å². The number of carbonyl (C=O) groups is 1. The fourth-order valence-electron chi connectivity index (χ4n) is 6.90. The Kier molecular flexibility index (Phi) is 31.1. The first-order chi connectivity index (χ1) is 25.7. The molecular weight excluding hydrogens is 678 g/mol. The van der Waals surface area contributed by atoms with Crippen LogP contribution in [0.2, 0.25) is 0 Å². The zero-order chi connectivity index (χ0) is 39.1. The Labute approximate surface area is 322 Å². The smallest absolute Gasteiger partial charge is 0.249 e. The second kappa shape index (κ2) is 33.0. The summed E-state index contributed by atoms with van der Waals surface area (Å²) in [5.41, 5.74) is 0. The number of allylic oxidation sites excluding steroid dienone is 2. The summed E-state index contributed by atoms with van der Waals surface area (Å²) in [5, 5.41) is 75.3. The van der Waals surface area contributed by atoms with Gasteiger partial charge in [0.25, 0.3) is 0 Å². The SMILES string of the molecule is CCCCCCCC/C=C\CCCCCCCCC(O)C(=O)NC(COC1OC(CO)C(O)C(O)C1O)C(O)C(O)CCCCCCCCCCCC. The van der Waals surface area contributed by atoms with Crippen molar-refractivity contribution in [3.63, 3.8) is 0 Å². The van der Waals surface area contributed by atoms with Crippen LogP contribution >= 0.6 is 0 Å².